The van der Waals surface area contributed by atoms with E-state index < -0.39 is 0 Å². The number of rotatable bonds is 6. The minimum atomic E-state index is -0.236. The molecule has 1 heterocycles. The molecule has 0 bridgehead atoms. The third kappa shape index (κ3) is 4.70. The van der Waals surface area contributed by atoms with Crippen molar-refractivity contribution >= 4 is 28.4 Å². The molecule has 2 N–H and O–H groups in total. The number of carbonyl (C=O) groups excluding carboxylic acids is 2. The number of para-hydroxylation sites is 1. The summed E-state index contributed by atoms with van der Waals surface area (Å²) in [6.07, 6.45) is 2.63. The van der Waals surface area contributed by atoms with Crippen LogP contribution in [0.2, 0.25) is 0 Å². The highest BCUT2D eigenvalue weighted by atomic mass is 16.2. The highest BCUT2D eigenvalue weighted by molar-refractivity contribution is 6.08. The summed E-state index contributed by atoms with van der Waals surface area (Å²) in [4.78, 5) is 29.0. The first-order valence-electron chi connectivity index (χ1n) is 9.08. The number of anilines is 1. The van der Waals surface area contributed by atoms with E-state index in [0.717, 1.165) is 17.3 Å². The SMILES string of the molecule is CC(C)CCNC(=O)c1ccc(C(=O)Nc2cccc3cccnc23)cc1. The van der Waals surface area contributed by atoms with Gasteiger partial charge in [0.1, 0.15) is 0 Å². The first-order chi connectivity index (χ1) is 13.0. The fraction of sp³-hybridized carbons (Fsp3) is 0.227. The van der Waals surface area contributed by atoms with Crippen LogP contribution in [0.5, 0.6) is 0 Å². The van der Waals surface area contributed by atoms with Gasteiger partial charge in [0.05, 0.1) is 11.2 Å². The molecule has 3 aromatic rings. The number of fused-ring (bicyclic) bond motifs is 1. The zero-order valence-electron chi connectivity index (χ0n) is 15.5. The number of carbonyl (C=O) groups is 2. The summed E-state index contributed by atoms with van der Waals surface area (Å²) in [5.41, 5.74) is 2.44. The lowest BCUT2D eigenvalue weighted by molar-refractivity contribution is 0.0950. The molecule has 5 nitrogen and oxygen atoms in total. The molecule has 2 amide bonds. The Bertz CT molecular complexity index is 944. The van der Waals surface area contributed by atoms with Crippen LogP contribution in [0.25, 0.3) is 10.9 Å². The topological polar surface area (TPSA) is 71.1 Å². The van der Waals surface area contributed by atoms with E-state index in [1.807, 2.05) is 30.3 Å². The number of aromatic nitrogens is 1. The van der Waals surface area contributed by atoms with E-state index in [-0.39, 0.29) is 11.8 Å². The van der Waals surface area contributed by atoms with Crippen LogP contribution in [-0.4, -0.2) is 23.3 Å². The first kappa shape index (κ1) is 18.6. The summed E-state index contributed by atoms with van der Waals surface area (Å²) in [5, 5.41) is 6.75. The fourth-order valence-electron chi connectivity index (χ4n) is 2.75. The highest BCUT2D eigenvalue weighted by Gasteiger charge is 2.11. The maximum absolute atomic E-state index is 12.5. The minimum Gasteiger partial charge on any atom is -0.352 e. The molecule has 5 heteroatoms. The van der Waals surface area contributed by atoms with Crippen LogP contribution < -0.4 is 10.6 Å². The van der Waals surface area contributed by atoms with Crippen molar-refractivity contribution in [1.29, 1.82) is 0 Å². The quantitative estimate of drug-likeness (QED) is 0.689. The standard InChI is InChI=1S/C22H23N3O2/c1-15(2)12-14-24-21(26)17-8-10-18(11-9-17)22(27)25-19-7-3-5-16-6-4-13-23-20(16)19/h3-11,13,15H,12,14H2,1-2H3,(H,24,26)(H,25,27). The average molecular weight is 361 g/mol. The van der Waals surface area contributed by atoms with E-state index in [1.54, 1.807) is 30.5 Å². The van der Waals surface area contributed by atoms with E-state index in [4.69, 9.17) is 0 Å². The van der Waals surface area contributed by atoms with Gasteiger partial charge in [0.15, 0.2) is 0 Å². The zero-order chi connectivity index (χ0) is 19.2. The lowest BCUT2D eigenvalue weighted by atomic mass is 10.1. The summed E-state index contributed by atoms with van der Waals surface area (Å²) in [6.45, 7) is 4.88. The lowest BCUT2D eigenvalue weighted by Crippen LogP contribution is -2.25. The summed E-state index contributed by atoms with van der Waals surface area (Å²) in [5.74, 6) is 0.181. The summed E-state index contributed by atoms with van der Waals surface area (Å²) in [6, 6.07) is 16.1. The molecule has 27 heavy (non-hydrogen) atoms. The smallest absolute Gasteiger partial charge is 0.255 e. The molecule has 1 aromatic heterocycles. The summed E-state index contributed by atoms with van der Waals surface area (Å²) >= 11 is 0. The predicted molar refractivity (Wildman–Crippen MR) is 108 cm³/mol. The second-order valence-electron chi connectivity index (χ2n) is 6.85. The number of hydrogen-bond acceptors (Lipinski definition) is 3. The molecular weight excluding hydrogens is 338 g/mol. The van der Waals surface area contributed by atoms with Crippen molar-refractivity contribution < 1.29 is 9.59 Å². The lowest BCUT2D eigenvalue weighted by Gasteiger charge is -2.09. The summed E-state index contributed by atoms with van der Waals surface area (Å²) < 4.78 is 0. The number of pyridine rings is 1. The van der Waals surface area contributed by atoms with Crippen molar-refractivity contribution in [2.75, 3.05) is 11.9 Å². The van der Waals surface area contributed by atoms with E-state index in [9.17, 15) is 9.59 Å². The van der Waals surface area contributed by atoms with Crippen LogP contribution in [0.1, 0.15) is 41.0 Å². The van der Waals surface area contributed by atoms with Crippen LogP contribution in [0, 0.1) is 5.92 Å². The summed E-state index contributed by atoms with van der Waals surface area (Å²) in [7, 11) is 0. The van der Waals surface area contributed by atoms with Crippen molar-refractivity contribution in [1.82, 2.24) is 10.3 Å². The van der Waals surface area contributed by atoms with Crippen molar-refractivity contribution in [3.63, 3.8) is 0 Å². The van der Waals surface area contributed by atoms with Crippen LogP contribution in [0.15, 0.2) is 60.8 Å². The molecule has 3 rings (SSSR count). The van der Waals surface area contributed by atoms with Gasteiger partial charge in [-0.05, 0) is 48.7 Å². The van der Waals surface area contributed by atoms with Crippen molar-refractivity contribution in [3.8, 4) is 0 Å². The van der Waals surface area contributed by atoms with Gasteiger partial charge in [0, 0.05) is 29.3 Å². The Morgan fingerprint density at radius 3 is 2.30 bits per heavy atom. The normalized spacial score (nSPS) is 10.8. The molecular formula is C22H23N3O2. The Balaban J connectivity index is 1.68. The number of hydrogen-bond donors (Lipinski definition) is 2. The second-order valence-corrected chi connectivity index (χ2v) is 6.85. The van der Waals surface area contributed by atoms with Gasteiger partial charge >= 0.3 is 0 Å². The zero-order valence-corrected chi connectivity index (χ0v) is 15.5. The molecule has 0 aliphatic carbocycles. The molecule has 0 spiro atoms. The third-order valence-electron chi connectivity index (χ3n) is 4.30. The molecule has 0 saturated carbocycles. The van der Waals surface area contributed by atoms with E-state index in [0.29, 0.717) is 29.3 Å². The Kier molecular flexibility index (Phi) is 5.81. The molecule has 0 fully saturated rings. The molecule has 0 saturated heterocycles. The molecule has 0 aliphatic rings. The average Bonchev–Trinajstić information content (AvgIpc) is 2.68. The van der Waals surface area contributed by atoms with Gasteiger partial charge < -0.3 is 10.6 Å². The predicted octanol–water partition coefficient (Wildman–Crippen LogP) is 4.26. The van der Waals surface area contributed by atoms with Crippen LogP contribution in [0.3, 0.4) is 0 Å². The van der Waals surface area contributed by atoms with Gasteiger partial charge in [0.25, 0.3) is 11.8 Å². The Morgan fingerprint density at radius 1 is 0.926 bits per heavy atom. The maximum Gasteiger partial charge on any atom is 0.255 e. The van der Waals surface area contributed by atoms with Gasteiger partial charge in [-0.3, -0.25) is 14.6 Å². The van der Waals surface area contributed by atoms with E-state index >= 15 is 0 Å². The monoisotopic (exact) mass is 361 g/mol. The Labute approximate surface area is 158 Å². The minimum absolute atomic E-state index is 0.124. The largest absolute Gasteiger partial charge is 0.352 e. The number of nitrogens with one attached hydrogen (secondary N) is 2. The van der Waals surface area contributed by atoms with Gasteiger partial charge in [0.2, 0.25) is 0 Å². The first-order valence-corrected chi connectivity index (χ1v) is 9.08. The molecule has 2 aromatic carbocycles. The van der Waals surface area contributed by atoms with E-state index in [2.05, 4.69) is 29.5 Å². The van der Waals surface area contributed by atoms with Crippen molar-refractivity contribution in [2.24, 2.45) is 5.92 Å². The van der Waals surface area contributed by atoms with Gasteiger partial charge in [-0.15, -0.1) is 0 Å². The molecule has 0 aliphatic heterocycles. The molecule has 0 radical (unpaired) electrons. The second kappa shape index (κ2) is 8.45. The highest BCUT2D eigenvalue weighted by Crippen LogP contribution is 2.21. The number of amides is 2. The molecule has 0 unspecified atom stereocenters. The van der Waals surface area contributed by atoms with Crippen LogP contribution >= 0.6 is 0 Å². The fourth-order valence-corrected chi connectivity index (χ4v) is 2.75. The van der Waals surface area contributed by atoms with Crippen molar-refractivity contribution in [3.05, 3.63) is 71.9 Å². The van der Waals surface area contributed by atoms with Crippen LogP contribution in [0.4, 0.5) is 5.69 Å². The van der Waals surface area contributed by atoms with Gasteiger partial charge in [-0.2, -0.15) is 0 Å². The number of nitrogens with zero attached hydrogens (tertiary/aromatic N) is 1. The third-order valence-corrected chi connectivity index (χ3v) is 4.30. The van der Waals surface area contributed by atoms with Crippen LogP contribution in [-0.2, 0) is 0 Å². The Morgan fingerprint density at radius 2 is 1.59 bits per heavy atom. The van der Waals surface area contributed by atoms with E-state index in [1.165, 1.54) is 0 Å². The maximum atomic E-state index is 12.5. The molecule has 138 valence electrons. The van der Waals surface area contributed by atoms with Gasteiger partial charge in [-0.25, -0.2) is 0 Å². The Hall–Kier alpha value is -3.21. The van der Waals surface area contributed by atoms with Crippen molar-refractivity contribution in [2.45, 2.75) is 20.3 Å². The molecule has 0 atom stereocenters. The number of benzene rings is 2. The van der Waals surface area contributed by atoms with Gasteiger partial charge in [-0.1, -0.05) is 32.0 Å².